The van der Waals surface area contributed by atoms with Gasteiger partial charge in [-0.3, -0.25) is 4.79 Å². The first-order valence-corrected chi connectivity index (χ1v) is 5.75. The highest BCUT2D eigenvalue weighted by Gasteiger charge is 2.03. The van der Waals surface area contributed by atoms with Gasteiger partial charge < -0.3 is 15.8 Å². The smallest absolute Gasteiger partial charge is 0.226 e. The molecule has 1 rings (SSSR count). The molecule has 0 aliphatic heterocycles. The molecule has 1 amide bonds. The second-order valence-corrected chi connectivity index (χ2v) is 3.83. The fourth-order valence-electron chi connectivity index (χ4n) is 1.40. The Morgan fingerprint density at radius 3 is 2.94 bits per heavy atom. The van der Waals surface area contributed by atoms with Crippen LogP contribution in [0.4, 0.5) is 5.69 Å². The molecular formula is C14H18N2O2. The number of carbonyl (C=O) groups excluding carboxylic acids is 1. The summed E-state index contributed by atoms with van der Waals surface area (Å²) in [6, 6.07) is 5.63. The number of nitrogens with one attached hydrogen (secondary N) is 1. The minimum atomic E-state index is -0.0709. The highest BCUT2D eigenvalue weighted by molar-refractivity contribution is 5.91. The maximum Gasteiger partial charge on any atom is 0.226 e. The summed E-state index contributed by atoms with van der Waals surface area (Å²) in [6.45, 7) is 2.71. The van der Waals surface area contributed by atoms with Gasteiger partial charge >= 0.3 is 0 Å². The zero-order valence-electron chi connectivity index (χ0n) is 10.7. The van der Waals surface area contributed by atoms with E-state index in [4.69, 9.17) is 10.5 Å². The van der Waals surface area contributed by atoms with Crippen LogP contribution in [0.3, 0.4) is 0 Å². The van der Waals surface area contributed by atoms with E-state index in [1.165, 1.54) is 0 Å². The lowest BCUT2D eigenvalue weighted by atomic mass is 10.1. The average molecular weight is 246 g/mol. The van der Waals surface area contributed by atoms with E-state index in [0.717, 1.165) is 16.8 Å². The van der Waals surface area contributed by atoms with Gasteiger partial charge in [0.1, 0.15) is 0 Å². The number of hydrogen-bond donors (Lipinski definition) is 2. The lowest BCUT2D eigenvalue weighted by Gasteiger charge is -2.06. The van der Waals surface area contributed by atoms with Gasteiger partial charge in [0.25, 0.3) is 0 Å². The Kier molecular flexibility index (Phi) is 5.92. The third kappa shape index (κ3) is 4.58. The normalized spacial score (nSPS) is 9.50. The molecule has 0 heterocycles. The van der Waals surface area contributed by atoms with Gasteiger partial charge in [0, 0.05) is 18.4 Å². The quantitative estimate of drug-likeness (QED) is 0.787. The molecule has 18 heavy (non-hydrogen) atoms. The number of carbonyl (C=O) groups is 1. The van der Waals surface area contributed by atoms with E-state index >= 15 is 0 Å². The highest BCUT2D eigenvalue weighted by Crippen LogP contribution is 2.14. The largest absolute Gasteiger partial charge is 0.384 e. The standard InChI is InChI=1S/C14H18N2O2/c1-11-5-6-13(10-12(11)4-3-8-15)16-14(17)7-9-18-2/h5-6,10H,7-9,15H2,1-2H3,(H,16,17). The minimum absolute atomic E-state index is 0.0709. The van der Waals surface area contributed by atoms with Crippen molar-refractivity contribution < 1.29 is 9.53 Å². The molecule has 0 saturated heterocycles. The summed E-state index contributed by atoms with van der Waals surface area (Å²) in [5, 5.41) is 2.80. The fourth-order valence-corrected chi connectivity index (χ4v) is 1.40. The maximum absolute atomic E-state index is 11.5. The van der Waals surface area contributed by atoms with Crippen molar-refractivity contribution in [2.75, 3.05) is 25.6 Å². The third-order valence-corrected chi connectivity index (χ3v) is 2.38. The second kappa shape index (κ2) is 7.49. The topological polar surface area (TPSA) is 64.3 Å². The summed E-state index contributed by atoms with van der Waals surface area (Å²) in [6.07, 6.45) is 0.341. The van der Waals surface area contributed by atoms with Gasteiger partial charge in [-0.15, -0.1) is 0 Å². The molecule has 0 unspecified atom stereocenters. The van der Waals surface area contributed by atoms with Crippen LogP contribution >= 0.6 is 0 Å². The van der Waals surface area contributed by atoms with Crippen LogP contribution in [0.25, 0.3) is 0 Å². The monoisotopic (exact) mass is 246 g/mol. The molecule has 96 valence electrons. The Bertz CT molecular complexity index is 472. The number of anilines is 1. The number of aryl methyl sites for hydroxylation is 1. The van der Waals surface area contributed by atoms with Gasteiger partial charge in [-0.2, -0.15) is 0 Å². The molecule has 1 aromatic carbocycles. The second-order valence-electron chi connectivity index (χ2n) is 3.83. The molecule has 0 fully saturated rings. The van der Waals surface area contributed by atoms with E-state index in [-0.39, 0.29) is 5.91 Å². The summed E-state index contributed by atoms with van der Waals surface area (Å²) >= 11 is 0. The number of ether oxygens (including phenoxy) is 1. The molecule has 0 aromatic heterocycles. The van der Waals surface area contributed by atoms with Crippen molar-refractivity contribution in [2.45, 2.75) is 13.3 Å². The van der Waals surface area contributed by atoms with Crippen molar-refractivity contribution in [3.05, 3.63) is 29.3 Å². The van der Waals surface area contributed by atoms with Crippen molar-refractivity contribution in [3.63, 3.8) is 0 Å². The van der Waals surface area contributed by atoms with Crippen molar-refractivity contribution in [1.82, 2.24) is 0 Å². The van der Waals surface area contributed by atoms with Crippen LogP contribution in [0, 0.1) is 18.8 Å². The molecule has 3 N–H and O–H groups in total. The molecule has 0 aliphatic rings. The first kappa shape index (κ1) is 14.2. The van der Waals surface area contributed by atoms with E-state index in [0.29, 0.717) is 19.6 Å². The van der Waals surface area contributed by atoms with Crippen LogP contribution in [-0.2, 0) is 9.53 Å². The summed E-state index contributed by atoms with van der Waals surface area (Å²) in [7, 11) is 1.57. The minimum Gasteiger partial charge on any atom is -0.384 e. The maximum atomic E-state index is 11.5. The Labute approximate surface area is 108 Å². The molecule has 0 bridgehead atoms. The van der Waals surface area contributed by atoms with E-state index in [1.807, 2.05) is 25.1 Å². The summed E-state index contributed by atoms with van der Waals surface area (Å²) in [5.74, 6) is 5.71. The van der Waals surface area contributed by atoms with Gasteiger partial charge in [-0.1, -0.05) is 17.9 Å². The molecule has 0 atom stereocenters. The average Bonchev–Trinajstić information content (AvgIpc) is 2.37. The van der Waals surface area contributed by atoms with Gasteiger partial charge in [0.2, 0.25) is 5.91 Å². The van der Waals surface area contributed by atoms with Crippen LogP contribution < -0.4 is 11.1 Å². The summed E-state index contributed by atoms with van der Waals surface area (Å²) < 4.78 is 4.85. The number of benzene rings is 1. The summed E-state index contributed by atoms with van der Waals surface area (Å²) in [5.41, 5.74) is 8.02. The first-order valence-electron chi connectivity index (χ1n) is 5.75. The van der Waals surface area contributed by atoms with E-state index in [9.17, 15) is 4.79 Å². The van der Waals surface area contributed by atoms with Gasteiger partial charge in [0.05, 0.1) is 19.6 Å². The number of amides is 1. The van der Waals surface area contributed by atoms with Gasteiger partial charge in [-0.25, -0.2) is 0 Å². The van der Waals surface area contributed by atoms with Crippen molar-refractivity contribution in [3.8, 4) is 11.8 Å². The highest BCUT2D eigenvalue weighted by atomic mass is 16.5. The predicted molar refractivity (Wildman–Crippen MR) is 72.2 cm³/mol. The van der Waals surface area contributed by atoms with Gasteiger partial charge in [0.15, 0.2) is 0 Å². The van der Waals surface area contributed by atoms with E-state index < -0.39 is 0 Å². The molecule has 0 radical (unpaired) electrons. The molecule has 4 nitrogen and oxygen atoms in total. The van der Waals surface area contributed by atoms with Crippen molar-refractivity contribution >= 4 is 11.6 Å². The lowest BCUT2D eigenvalue weighted by Crippen LogP contribution is -2.13. The zero-order valence-corrected chi connectivity index (χ0v) is 10.7. The van der Waals surface area contributed by atoms with Crippen LogP contribution in [0.5, 0.6) is 0 Å². The number of hydrogen-bond acceptors (Lipinski definition) is 3. The number of nitrogens with two attached hydrogens (primary N) is 1. The Hall–Kier alpha value is -1.83. The van der Waals surface area contributed by atoms with Crippen molar-refractivity contribution in [2.24, 2.45) is 5.73 Å². The molecular weight excluding hydrogens is 228 g/mol. The molecule has 0 aliphatic carbocycles. The molecule has 0 spiro atoms. The van der Waals surface area contributed by atoms with Gasteiger partial charge in [-0.05, 0) is 24.6 Å². The van der Waals surface area contributed by atoms with E-state index in [2.05, 4.69) is 17.2 Å². The first-order chi connectivity index (χ1) is 8.67. The van der Waals surface area contributed by atoms with Crippen molar-refractivity contribution in [1.29, 1.82) is 0 Å². The number of methoxy groups -OCH3 is 1. The van der Waals surface area contributed by atoms with Crippen LogP contribution in [0.15, 0.2) is 18.2 Å². The lowest BCUT2D eigenvalue weighted by molar-refractivity contribution is -0.117. The Morgan fingerprint density at radius 1 is 1.50 bits per heavy atom. The van der Waals surface area contributed by atoms with E-state index in [1.54, 1.807) is 7.11 Å². The molecule has 4 heteroatoms. The SMILES string of the molecule is COCCC(=O)Nc1ccc(C)c(C#CCN)c1. The predicted octanol–water partition coefficient (Wildman–Crippen LogP) is 1.28. The van der Waals surface area contributed by atoms with Crippen LogP contribution in [0.1, 0.15) is 17.5 Å². The summed E-state index contributed by atoms with van der Waals surface area (Å²) in [4.78, 5) is 11.5. The molecule has 1 aromatic rings. The third-order valence-electron chi connectivity index (χ3n) is 2.38. The molecule has 0 saturated carbocycles. The Balaban J connectivity index is 2.75. The van der Waals surface area contributed by atoms with Crippen LogP contribution in [0.2, 0.25) is 0 Å². The van der Waals surface area contributed by atoms with Crippen LogP contribution in [-0.4, -0.2) is 26.2 Å². The zero-order chi connectivity index (χ0) is 13.4. The Morgan fingerprint density at radius 2 is 2.28 bits per heavy atom. The number of rotatable bonds is 4. The fraction of sp³-hybridized carbons (Fsp3) is 0.357.